The molecular weight excluding hydrogens is 460 g/mol. The van der Waals surface area contributed by atoms with E-state index in [4.69, 9.17) is 4.74 Å². The Morgan fingerprint density at radius 3 is 2.54 bits per heavy atom. The largest absolute Gasteiger partial charge is 0.497 e. The highest BCUT2D eigenvalue weighted by Gasteiger charge is 2.19. The zero-order valence-electron chi connectivity index (χ0n) is 20.0. The van der Waals surface area contributed by atoms with E-state index in [1.165, 1.54) is 0 Å². The zero-order valence-corrected chi connectivity index (χ0v) is 20.8. The van der Waals surface area contributed by atoms with Crippen molar-refractivity contribution in [1.82, 2.24) is 5.32 Å². The zero-order chi connectivity index (χ0) is 24.6. The predicted molar refractivity (Wildman–Crippen MR) is 143 cm³/mol. The second kappa shape index (κ2) is 11.7. The van der Waals surface area contributed by atoms with Crippen LogP contribution in [0.5, 0.6) is 5.75 Å². The van der Waals surface area contributed by atoms with Gasteiger partial charge in [0.25, 0.3) is 5.91 Å². The Hall–Kier alpha value is -3.65. The minimum Gasteiger partial charge on any atom is -0.497 e. The molecular formula is C27H30N4O3S. The SMILES string of the molecule is COc1cccc(CNC(=O)c2ccc(N3CCCC3)c(NC(=O)Nc3cccc(SC)c3)c2)c1. The summed E-state index contributed by atoms with van der Waals surface area (Å²) >= 11 is 1.61. The van der Waals surface area contributed by atoms with Crippen molar-refractivity contribution in [2.24, 2.45) is 0 Å². The topological polar surface area (TPSA) is 82.7 Å². The molecule has 1 saturated heterocycles. The number of rotatable bonds is 8. The maximum atomic E-state index is 12.9. The van der Waals surface area contributed by atoms with E-state index >= 15 is 0 Å². The van der Waals surface area contributed by atoms with Gasteiger partial charge in [-0.1, -0.05) is 18.2 Å². The maximum absolute atomic E-state index is 12.9. The first-order chi connectivity index (χ1) is 17.1. The Labute approximate surface area is 210 Å². The molecule has 0 aliphatic carbocycles. The van der Waals surface area contributed by atoms with E-state index in [2.05, 4.69) is 20.9 Å². The lowest BCUT2D eigenvalue weighted by Gasteiger charge is -2.22. The van der Waals surface area contributed by atoms with Gasteiger partial charge in [0.15, 0.2) is 0 Å². The van der Waals surface area contributed by atoms with Crippen LogP contribution >= 0.6 is 11.8 Å². The van der Waals surface area contributed by atoms with Gasteiger partial charge in [-0.25, -0.2) is 4.79 Å². The Morgan fingerprint density at radius 1 is 0.971 bits per heavy atom. The lowest BCUT2D eigenvalue weighted by Crippen LogP contribution is -2.26. The van der Waals surface area contributed by atoms with Gasteiger partial charge in [0.05, 0.1) is 18.5 Å². The molecule has 3 amide bonds. The van der Waals surface area contributed by atoms with E-state index in [0.717, 1.165) is 47.8 Å². The summed E-state index contributed by atoms with van der Waals surface area (Å²) in [6.45, 7) is 2.22. The number of thioether (sulfide) groups is 1. The molecule has 3 N–H and O–H groups in total. The Bertz CT molecular complexity index is 1190. The minimum absolute atomic E-state index is 0.211. The molecule has 0 radical (unpaired) electrons. The number of benzene rings is 3. The average molecular weight is 491 g/mol. The van der Waals surface area contributed by atoms with Gasteiger partial charge in [-0.15, -0.1) is 11.8 Å². The molecule has 0 spiro atoms. The highest BCUT2D eigenvalue weighted by Crippen LogP contribution is 2.30. The van der Waals surface area contributed by atoms with Crippen molar-refractivity contribution in [3.63, 3.8) is 0 Å². The molecule has 1 heterocycles. The number of ether oxygens (including phenoxy) is 1. The molecule has 0 aromatic heterocycles. The molecule has 7 nitrogen and oxygen atoms in total. The number of amides is 3. The normalized spacial score (nSPS) is 12.8. The minimum atomic E-state index is -0.349. The van der Waals surface area contributed by atoms with Crippen molar-refractivity contribution in [1.29, 1.82) is 0 Å². The first-order valence-electron chi connectivity index (χ1n) is 11.6. The van der Waals surface area contributed by atoms with Gasteiger partial charge in [-0.3, -0.25) is 4.79 Å². The van der Waals surface area contributed by atoms with Gasteiger partial charge in [0, 0.05) is 35.8 Å². The van der Waals surface area contributed by atoms with Gasteiger partial charge in [0.1, 0.15) is 5.75 Å². The van der Waals surface area contributed by atoms with E-state index in [0.29, 0.717) is 23.5 Å². The molecule has 3 aromatic rings. The standard InChI is InChI=1S/C27H30N4O3S/c1-34-22-9-5-7-19(15-22)18-28-26(32)20-11-12-25(31-13-3-4-14-31)24(16-20)30-27(33)29-21-8-6-10-23(17-21)35-2/h5-12,15-17H,3-4,13-14,18H2,1-2H3,(H,28,32)(H2,29,30,33). The fourth-order valence-corrected chi connectivity index (χ4v) is 4.52. The lowest BCUT2D eigenvalue weighted by atomic mass is 10.1. The fourth-order valence-electron chi connectivity index (χ4n) is 4.06. The van der Waals surface area contributed by atoms with Crippen LogP contribution in [-0.2, 0) is 6.54 Å². The lowest BCUT2D eigenvalue weighted by molar-refractivity contribution is 0.0951. The van der Waals surface area contributed by atoms with Gasteiger partial charge >= 0.3 is 6.03 Å². The van der Waals surface area contributed by atoms with Crippen LogP contribution in [0.15, 0.2) is 71.6 Å². The molecule has 0 saturated carbocycles. The van der Waals surface area contributed by atoms with Crippen molar-refractivity contribution in [3.8, 4) is 5.75 Å². The van der Waals surface area contributed by atoms with Crippen LogP contribution in [0.25, 0.3) is 0 Å². The molecule has 0 bridgehead atoms. The number of anilines is 3. The van der Waals surface area contributed by atoms with Crippen LogP contribution in [0.4, 0.5) is 21.9 Å². The Balaban J connectivity index is 1.50. The molecule has 0 unspecified atom stereocenters. The Morgan fingerprint density at radius 2 is 1.77 bits per heavy atom. The van der Waals surface area contributed by atoms with E-state index in [9.17, 15) is 9.59 Å². The summed E-state index contributed by atoms with van der Waals surface area (Å²) in [4.78, 5) is 29.1. The fraction of sp³-hybridized carbons (Fsp3) is 0.259. The number of hydrogen-bond acceptors (Lipinski definition) is 5. The number of methoxy groups -OCH3 is 1. The number of nitrogens with zero attached hydrogens (tertiary/aromatic N) is 1. The number of hydrogen-bond donors (Lipinski definition) is 3. The highest BCUT2D eigenvalue weighted by molar-refractivity contribution is 7.98. The number of carbonyl (C=O) groups excluding carboxylic acids is 2. The summed E-state index contributed by atoms with van der Waals surface area (Å²) in [5, 5.41) is 8.81. The molecule has 1 fully saturated rings. The molecule has 1 aliphatic rings. The summed E-state index contributed by atoms with van der Waals surface area (Å²) in [7, 11) is 1.61. The molecule has 3 aromatic carbocycles. The maximum Gasteiger partial charge on any atom is 0.323 e. The third-order valence-corrected chi connectivity index (χ3v) is 6.59. The predicted octanol–water partition coefficient (Wildman–Crippen LogP) is 5.59. The van der Waals surface area contributed by atoms with Crippen molar-refractivity contribution in [2.45, 2.75) is 24.3 Å². The highest BCUT2D eigenvalue weighted by atomic mass is 32.2. The van der Waals surface area contributed by atoms with Crippen molar-refractivity contribution in [3.05, 3.63) is 77.9 Å². The van der Waals surface area contributed by atoms with Crippen LogP contribution in [0.1, 0.15) is 28.8 Å². The van der Waals surface area contributed by atoms with Gasteiger partial charge < -0.3 is 25.6 Å². The van der Waals surface area contributed by atoms with Gasteiger partial charge in [-0.05, 0) is 73.2 Å². The summed E-state index contributed by atoms with van der Waals surface area (Å²) in [5.41, 5.74) is 3.66. The quantitative estimate of drug-likeness (QED) is 0.359. The summed E-state index contributed by atoms with van der Waals surface area (Å²) in [5.74, 6) is 0.532. The summed E-state index contributed by atoms with van der Waals surface area (Å²) in [6, 6.07) is 20.4. The molecule has 8 heteroatoms. The molecule has 4 rings (SSSR count). The second-order valence-electron chi connectivity index (χ2n) is 8.27. The Kier molecular flexibility index (Phi) is 8.15. The van der Waals surface area contributed by atoms with E-state index in [1.807, 2.05) is 60.9 Å². The number of nitrogens with one attached hydrogen (secondary N) is 3. The molecule has 35 heavy (non-hydrogen) atoms. The van der Waals surface area contributed by atoms with Crippen LogP contribution in [0.2, 0.25) is 0 Å². The van der Waals surface area contributed by atoms with Crippen LogP contribution in [0, 0.1) is 0 Å². The van der Waals surface area contributed by atoms with Crippen molar-refractivity contribution in [2.75, 3.05) is 42.0 Å². The first kappa shape index (κ1) is 24.5. The van der Waals surface area contributed by atoms with Crippen molar-refractivity contribution < 1.29 is 14.3 Å². The second-order valence-corrected chi connectivity index (χ2v) is 9.15. The van der Waals surface area contributed by atoms with Crippen LogP contribution < -0.4 is 25.6 Å². The first-order valence-corrected chi connectivity index (χ1v) is 12.8. The van der Waals surface area contributed by atoms with Crippen LogP contribution in [0.3, 0.4) is 0 Å². The van der Waals surface area contributed by atoms with E-state index < -0.39 is 0 Å². The van der Waals surface area contributed by atoms with Crippen LogP contribution in [-0.4, -0.2) is 38.4 Å². The molecule has 182 valence electrons. The summed E-state index contributed by atoms with van der Waals surface area (Å²) < 4.78 is 5.25. The van der Waals surface area contributed by atoms with E-state index in [-0.39, 0.29) is 11.9 Å². The van der Waals surface area contributed by atoms with Crippen molar-refractivity contribution >= 4 is 40.8 Å². The van der Waals surface area contributed by atoms with Gasteiger partial charge in [-0.2, -0.15) is 0 Å². The summed E-state index contributed by atoms with van der Waals surface area (Å²) in [6.07, 6.45) is 4.21. The third-order valence-electron chi connectivity index (χ3n) is 5.87. The smallest absolute Gasteiger partial charge is 0.323 e. The van der Waals surface area contributed by atoms with E-state index in [1.54, 1.807) is 31.0 Å². The average Bonchev–Trinajstić information content (AvgIpc) is 3.42. The molecule has 1 aliphatic heterocycles. The monoisotopic (exact) mass is 490 g/mol. The third kappa shape index (κ3) is 6.48. The number of urea groups is 1. The molecule has 0 atom stereocenters. The van der Waals surface area contributed by atoms with Gasteiger partial charge in [0.2, 0.25) is 0 Å². The number of carbonyl (C=O) groups is 2.